The van der Waals surface area contributed by atoms with Gasteiger partial charge < -0.3 is 10.1 Å². The Morgan fingerprint density at radius 2 is 2.56 bits per heavy atom. The number of hydrogen-bond acceptors (Lipinski definition) is 3. The number of carbonyl (C=O) groups is 1. The van der Waals surface area contributed by atoms with Gasteiger partial charge >= 0.3 is 0 Å². The van der Waals surface area contributed by atoms with Crippen molar-refractivity contribution in [2.75, 3.05) is 19.7 Å². The largest absolute Gasteiger partial charge is 0.490 e. The van der Waals surface area contributed by atoms with Gasteiger partial charge in [0.1, 0.15) is 0 Å². The summed E-state index contributed by atoms with van der Waals surface area (Å²) in [6.07, 6.45) is 5.94. The summed E-state index contributed by atoms with van der Waals surface area (Å²) in [5.74, 6) is 1.91. The molecular formula is C13H21NO2. The number of piperidine rings is 1. The van der Waals surface area contributed by atoms with Crippen LogP contribution in [0.15, 0.2) is 11.8 Å². The highest BCUT2D eigenvalue weighted by Gasteiger charge is 2.24. The van der Waals surface area contributed by atoms with Gasteiger partial charge in [0.25, 0.3) is 0 Å². The molecule has 1 N–H and O–H groups in total. The number of ketones is 1. The zero-order valence-electron chi connectivity index (χ0n) is 10.00. The van der Waals surface area contributed by atoms with Crippen molar-refractivity contribution < 1.29 is 9.53 Å². The summed E-state index contributed by atoms with van der Waals surface area (Å²) in [6.45, 7) is 5.06. The minimum absolute atomic E-state index is 0.190. The van der Waals surface area contributed by atoms with E-state index in [-0.39, 0.29) is 5.78 Å². The van der Waals surface area contributed by atoms with Gasteiger partial charge in [-0.25, -0.2) is 0 Å². The number of rotatable bonds is 4. The molecular weight excluding hydrogens is 202 g/mol. The lowest BCUT2D eigenvalue weighted by Gasteiger charge is -2.27. The predicted molar refractivity (Wildman–Crippen MR) is 63.0 cm³/mol. The number of nitrogens with one attached hydrogen (secondary N) is 1. The molecule has 3 heteroatoms. The average molecular weight is 223 g/mol. The van der Waals surface area contributed by atoms with Crippen molar-refractivity contribution in [1.29, 1.82) is 0 Å². The van der Waals surface area contributed by atoms with Gasteiger partial charge in [0.05, 0.1) is 6.61 Å². The maximum Gasteiger partial charge on any atom is 0.197 e. The summed E-state index contributed by atoms with van der Waals surface area (Å²) < 4.78 is 5.30. The van der Waals surface area contributed by atoms with E-state index in [1.165, 1.54) is 12.8 Å². The zero-order valence-corrected chi connectivity index (χ0v) is 10.00. The molecule has 1 fully saturated rings. The van der Waals surface area contributed by atoms with E-state index in [1.807, 2.05) is 6.08 Å². The molecule has 2 unspecified atom stereocenters. The van der Waals surface area contributed by atoms with Gasteiger partial charge in [0.15, 0.2) is 11.5 Å². The van der Waals surface area contributed by atoms with Gasteiger partial charge in [0.2, 0.25) is 0 Å². The Balaban J connectivity index is 1.81. The van der Waals surface area contributed by atoms with Gasteiger partial charge in [-0.05, 0) is 43.8 Å². The average Bonchev–Trinajstić information content (AvgIpc) is 2.83. The van der Waals surface area contributed by atoms with E-state index in [4.69, 9.17) is 4.74 Å². The fourth-order valence-corrected chi connectivity index (χ4v) is 2.54. The predicted octanol–water partition coefficient (Wildman–Crippen LogP) is 1.89. The molecule has 0 aromatic heterocycles. The van der Waals surface area contributed by atoms with E-state index in [2.05, 4.69) is 12.2 Å². The lowest BCUT2D eigenvalue weighted by molar-refractivity contribution is -0.119. The van der Waals surface area contributed by atoms with E-state index < -0.39 is 0 Å². The van der Waals surface area contributed by atoms with E-state index in [1.54, 1.807) is 0 Å². The maximum absolute atomic E-state index is 11.9. The minimum Gasteiger partial charge on any atom is -0.490 e. The monoisotopic (exact) mass is 223 g/mol. The first-order valence-electron chi connectivity index (χ1n) is 6.34. The van der Waals surface area contributed by atoms with Crippen LogP contribution < -0.4 is 5.32 Å². The minimum atomic E-state index is 0.190. The van der Waals surface area contributed by atoms with E-state index in [0.29, 0.717) is 30.6 Å². The Morgan fingerprint density at radius 1 is 1.69 bits per heavy atom. The maximum atomic E-state index is 11.9. The van der Waals surface area contributed by atoms with Crippen LogP contribution in [0.4, 0.5) is 0 Å². The van der Waals surface area contributed by atoms with Crippen LogP contribution in [-0.4, -0.2) is 25.5 Å². The lowest BCUT2D eigenvalue weighted by Crippen LogP contribution is -2.34. The third-order valence-corrected chi connectivity index (χ3v) is 3.63. The van der Waals surface area contributed by atoms with Crippen molar-refractivity contribution in [3.05, 3.63) is 11.8 Å². The van der Waals surface area contributed by atoms with Crippen molar-refractivity contribution >= 4 is 5.78 Å². The Morgan fingerprint density at radius 3 is 3.19 bits per heavy atom. The summed E-state index contributed by atoms with van der Waals surface area (Å²) in [4.78, 5) is 11.9. The third-order valence-electron chi connectivity index (χ3n) is 3.63. The molecule has 0 amide bonds. The van der Waals surface area contributed by atoms with Crippen LogP contribution in [0, 0.1) is 11.8 Å². The highest BCUT2D eigenvalue weighted by Crippen LogP contribution is 2.24. The van der Waals surface area contributed by atoms with Gasteiger partial charge in [-0.2, -0.15) is 0 Å². The van der Waals surface area contributed by atoms with Crippen molar-refractivity contribution in [1.82, 2.24) is 5.32 Å². The molecule has 2 aliphatic rings. The lowest BCUT2D eigenvalue weighted by atomic mass is 9.84. The zero-order chi connectivity index (χ0) is 11.4. The fraction of sp³-hybridized carbons (Fsp3) is 0.769. The number of carbonyl (C=O) groups excluding carboxylic acids is 1. The van der Waals surface area contributed by atoms with E-state index in [0.717, 1.165) is 19.5 Å². The SMILES string of the molecule is CC(CC(=O)C1=CCCO1)C1CCCNC1. The highest BCUT2D eigenvalue weighted by molar-refractivity contribution is 5.93. The summed E-state index contributed by atoms with van der Waals surface area (Å²) in [7, 11) is 0. The molecule has 0 aromatic carbocycles. The second-order valence-electron chi connectivity index (χ2n) is 4.92. The molecule has 0 aliphatic carbocycles. The first-order chi connectivity index (χ1) is 7.77. The Bertz CT molecular complexity index is 280. The molecule has 2 atom stereocenters. The molecule has 0 radical (unpaired) electrons. The van der Waals surface area contributed by atoms with E-state index in [9.17, 15) is 4.79 Å². The Kier molecular flexibility index (Phi) is 3.99. The molecule has 0 spiro atoms. The fourth-order valence-electron chi connectivity index (χ4n) is 2.54. The van der Waals surface area contributed by atoms with Crippen LogP contribution in [0.3, 0.4) is 0 Å². The standard InChI is InChI=1S/C13H21NO2/c1-10(11-4-2-6-14-9-11)8-12(15)13-5-3-7-16-13/h5,10-11,14H,2-4,6-9H2,1H3. The summed E-state index contributed by atoms with van der Waals surface area (Å²) in [5.41, 5.74) is 0. The second kappa shape index (κ2) is 5.48. The molecule has 90 valence electrons. The molecule has 0 bridgehead atoms. The van der Waals surface area contributed by atoms with Crippen LogP contribution in [0.25, 0.3) is 0 Å². The van der Waals surface area contributed by atoms with Crippen LogP contribution in [0.5, 0.6) is 0 Å². The molecule has 2 rings (SSSR count). The summed E-state index contributed by atoms with van der Waals surface area (Å²) in [6, 6.07) is 0. The summed E-state index contributed by atoms with van der Waals surface area (Å²) in [5, 5.41) is 3.40. The quantitative estimate of drug-likeness (QED) is 0.791. The molecule has 2 heterocycles. The van der Waals surface area contributed by atoms with E-state index >= 15 is 0 Å². The molecule has 16 heavy (non-hydrogen) atoms. The van der Waals surface area contributed by atoms with Crippen LogP contribution in [0.1, 0.15) is 32.6 Å². The Labute approximate surface area is 97.2 Å². The second-order valence-corrected chi connectivity index (χ2v) is 4.92. The number of ether oxygens (including phenoxy) is 1. The molecule has 0 saturated carbocycles. The summed E-state index contributed by atoms with van der Waals surface area (Å²) >= 11 is 0. The first-order valence-corrected chi connectivity index (χ1v) is 6.34. The van der Waals surface area contributed by atoms with Gasteiger partial charge in [0, 0.05) is 12.8 Å². The molecule has 0 aromatic rings. The van der Waals surface area contributed by atoms with Crippen LogP contribution in [0.2, 0.25) is 0 Å². The van der Waals surface area contributed by atoms with Crippen LogP contribution in [-0.2, 0) is 9.53 Å². The topological polar surface area (TPSA) is 38.3 Å². The highest BCUT2D eigenvalue weighted by atomic mass is 16.5. The molecule has 3 nitrogen and oxygen atoms in total. The van der Waals surface area contributed by atoms with Crippen LogP contribution >= 0.6 is 0 Å². The first kappa shape index (κ1) is 11.6. The van der Waals surface area contributed by atoms with Gasteiger partial charge in [-0.15, -0.1) is 0 Å². The van der Waals surface area contributed by atoms with Gasteiger partial charge in [-0.3, -0.25) is 4.79 Å². The number of hydrogen-bond donors (Lipinski definition) is 1. The number of Topliss-reactive ketones (excluding diaryl/α,β-unsaturated/α-hetero) is 1. The van der Waals surface area contributed by atoms with Crippen molar-refractivity contribution in [2.24, 2.45) is 11.8 Å². The number of allylic oxidation sites excluding steroid dienone is 1. The molecule has 1 saturated heterocycles. The molecule has 2 aliphatic heterocycles. The van der Waals surface area contributed by atoms with Gasteiger partial charge in [-0.1, -0.05) is 6.92 Å². The normalized spacial score (nSPS) is 27.1. The van der Waals surface area contributed by atoms with Crippen molar-refractivity contribution in [3.8, 4) is 0 Å². The Hall–Kier alpha value is -0.830. The van der Waals surface area contributed by atoms with Crippen molar-refractivity contribution in [2.45, 2.75) is 32.6 Å². The smallest absolute Gasteiger partial charge is 0.197 e. The van der Waals surface area contributed by atoms with Crippen molar-refractivity contribution in [3.63, 3.8) is 0 Å². The third kappa shape index (κ3) is 2.85.